The molecule has 0 saturated carbocycles. The minimum atomic E-state index is -0.487. The number of rotatable bonds is 1. The van der Waals surface area contributed by atoms with Gasteiger partial charge in [-0.15, -0.1) is 0 Å². The average Bonchev–Trinajstić information content (AvgIpc) is 2.57. The lowest BCUT2D eigenvalue weighted by molar-refractivity contribution is -0.133. The highest BCUT2D eigenvalue weighted by molar-refractivity contribution is 6.30. The third-order valence-corrected chi connectivity index (χ3v) is 3.68. The Bertz CT molecular complexity index is 513. The lowest BCUT2D eigenvalue weighted by atomic mass is 9.97. The van der Waals surface area contributed by atoms with Crippen molar-refractivity contribution in [2.75, 3.05) is 0 Å². The van der Waals surface area contributed by atoms with Gasteiger partial charge in [-0.2, -0.15) is 0 Å². The molecule has 104 valence electrons. The topological polar surface area (TPSA) is 46.3 Å². The zero-order valence-corrected chi connectivity index (χ0v) is 12.0. The van der Waals surface area contributed by atoms with E-state index < -0.39 is 5.82 Å². The lowest BCUT2D eigenvalue weighted by Crippen LogP contribution is -2.45. The Morgan fingerprint density at radius 2 is 2.05 bits per heavy atom. The zero-order valence-electron chi connectivity index (χ0n) is 11.3. The summed E-state index contributed by atoms with van der Waals surface area (Å²) in [4.78, 5) is 13.8. The quantitative estimate of drug-likeness (QED) is 0.862. The minimum Gasteiger partial charge on any atom is -0.329 e. The summed E-state index contributed by atoms with van der Waals surface area (Å²) >= 11 is 5.69. The van der Waals surface area contributed by atoms with Crippen LogP contribution in [-0.4, -0.2) is 22.4 Å². The Hall–Kier alpha value is -1.13. The maximum absolute atomic E-state index is 13.6. The van der Waals surface area contributed by atoms with Crippen LogP contribution in [0.2, 0.25) is 5.02 Å². The van der Waals surface area contributed by atoms with E-state index in [4.69, 9.17) is 17.3 Å². The maximum Gasteiger partial charge on any atom is 0.225 e. The van der Waals surface area contributed by atoms with Crippen LogP contribution in [0.3, 0.4) is 0 Å². The summed E-state index contributed by atoms with van der Waals surface area (Å²) in [7, 11) is 0. The Labute approximate surface area is 117 Å². The number of nitrogens with zero attached hydrogens (tertiary/aromatic N) is 1. The molecule has 0 aromatic heterocycles. The molecule has 1 heterocycles. The number of benzene rings is 1. The van der Waals surface area contributed by atoms with Crippen molar-refractivity contribution in [2.24, 2.45) is 5.73 Å². The summed E-state index contributed by atoms with van der Waals surface area (Å²) in [5, 5.41) is 0.0731. The first kappa shape index (κ1) is 14.3. The van der Waals surface area contributed by atoms with E-state index in [1.165, 1.54) is 12.1 Å². The smallest absolute Gasteiger partial charge is 0.225 e. The molecule has 3 nitrogen and oxygen atoms in total. The summed E-state index contributed by atoms with van der Waals surface area (Å²) in [5.41, 5.74) is 6.39. The molecule has 0 radical (unpaired) electrons. The highest BCUT2D eigenvalue weighted by atomic mass is 35.5. The van der Waals surface area contributed by atoms with Gasteiger partial charge in [0, 0.05) is 18.0 Å². The molecule has 5 heteroatoms. The van der Waals surface area contributed by atoms with E-state index in [9.17, 15) is 9.18 Å². The normalized spacial score (nSPS) is 24.1. The summed E-state index contributed by atoms with van der Waals surface area (Å²) in [6.45, 7) is 5.84. The predicted molar refractivity (Wildman–Crippen MR) is 73.3 cm³/mol. The van der Waals surface area contributed by atoms with Gasteiger partial charge in [0.15, 0.2) is 0 Å². The first-order valence-corrected chi connectivity index (χ1v) is 6.62. The second-order valence-corrected chi connectivity index (χ2v) is 6.33. The second-order valence-electron chi connectivity index (χ2n) is 5.92. The first-order valence-electron chi connectivity index (χ1n) is 6.24. The van der Waals surface area contributed by atoms with Crippen LogP contribution < -0.4 is 5.73 Å². The van der Waals surface area contributed by atoms with Crippen LogP contribution in [0.1, 0.15) is 38.8 Å². The molecule has 1 amide bonds. The molecule has 2 atom stereocenters. The minimum absolute atomic E-state index is 0.000332. The molecular weight excluding hydrogens is 267 g/mol. The molecule has 0 bridgehead atoms. The van der Waals surface area contributed by atoms with Gasteiger partial charge in [-0.25, -0.2) is 4.39 Å². The average molecular weight is 285 g/mol. The third-order valence-electron chi connectivity index (χ3n) is 3.37. The van der Waals surface area contributed by atoms with Crippen LogP contribution >= 0.6 is 11.6 Å². The third kappa shape index (κ3) is 2.60. The van der Waals surface area contributed by atoms with Crippen molar-refractivity contribution < 1.29 is 9.18 Å². The Morgan fingerprint density at radius 1 is 1.42 bits per heavy atom. The summed E-state index contributed by atoms with van der Waals surface area (Å²) < 4.78 is 13.6. The van der Waals surface area contributed by atoms with Crippen molar-refractivity contribution in [1.29, 1.82) is 0 Å². The number of carbonyl (C=O) groups is 1. The van der Waals surface area contributed by atoms with Crippen LogP contribution in [0.15, 0.2) is 18.2 Å². The van der Waals surface area contributed by atoms with Crippen molar-refractivity contribution >= 4 is 17.5 Å². The number of halogens is 2. The molecule has 0 aliphatic carbocycles. The predicted octanol–water partition coefficient (Wildman–Crippen LogP) is 2.88. The van der Waals surface area contributed by atoms with Crippen LogP contribution in [-0.2, 0) is 4.79 Å². The van der Waals surface area contributed by atoms with Gasteiger partial charge >= 0.3 is 0 Å². The van der Waals surface area contributed by atoms with Gasteiger partial charge in [-0.1, -0.05) is 17.7 Å². The fourth-order valence-corrected chi connectivity index (χ4v) is 2.76. The van der Waals surface area contributed by atoms with Gasteiger partial charge in [0.05, 0.1) is 11.1 Å². The number of carbonyl (C=O) groups excluding carboxylic acids is 1. The monoisotopic (exact) mass is 284 g/mol. The Balaban J connectivity index is 2.45. The van der Waals surface area contributed by atoms with Crippen LogP contribution in [0.4, 0.5) is 4.39 Å². The van der Waals surface area contributed by atoms with Gasteiger partial charge in [-0.3, -0.25) is 4.79 Å². The molecule has 19 heavy (non-hydrogen) atoms. The Morgan fingerprint density at radius 3 is 2.58 bits per heavy atom. The standard InChI is InChI=1S/C14H18ClFN2O/c1-14(2,3)18-12(19)7-11(17)13(18)8-4-5-9(15)10(16)6-8/h4-6,11,13H,7,17H2,1-3H3. The second kappa shape index (κ2) is 4.76. The van der Waals surface area contributed by atoms with E-state index in [0.717, 1.165) is 0 Å². The molecule has 2 N–H and O–H groups in total. The molecule has 0 spiro atoms. The molecule has 1 fully saturated rings. The number of nitrogens with two attached hydrogens (primary N) is 1. The molecule has 2 unspecified atom stereocenters. The van der Waals surface area contributed by atoms with Crippen molar-refractivity contribution in [1.82, 2.24) is 4.90 Å². The summed E-state index contributed by atoms with van der Waals surface area (Å²) in [6, 6.07) is 3.96. The fraction of sp³-hybridized carbons (Fsp3) is 0.500. The van der Waals surface area contributed by atoms with E-state index >= 15 is 0 Å². The van der Waals surface area contributed by atoms with Gasteiger partial charge < -0.3 is 10.6 Å². The first-order chi connectivity index (χ1) is 8.71. The van der Waals surface area contributed by atoms with Crippen molar-refractivity contribution in [3.05, 3.63) is 34.6 Å². The molecule has 2 rings (SSSR count). The van der Waals surface area contributed by atoms with Crippen LogP contribution in [0.5, 0.6) is 0 Å². The van der Waals surface area contributed by atoms with E-state index in [1.54, 1.807) is 11.0 Å². The highest BCUT2D eigenvalue weighted by Gasteiger charge is 2.43. The van der Waals surface area contributed by atoms with Gasteiger partial charge in [0.1, 0.15) is 5.82 Å². The van der Waals surface area contributed by atoms with Gasteiger partial charge in [0.25, 0.3) is 0 Å². The van der Waals surface area contributed by atoms with Gasteiger partial charge in [-0.05, 0) is 38.5 Å². The largest absolute Gasteiger partial charge is 0.329 e. The van der Waals surface area contributed by atoms with E-state index in [-0.39, 0.29) is 35.0 Å². The number of hydrogen-bond acceptors (Lipinski definition) is 2. The van der Waals surface area contributed by atoms with Crippen molar-refractivity contribution in [2.45, 2.75) is 44.8 Å². The van der Waals surface area contributed by atoms with Crippen molar-refractivity contribution in [3.63, 3.8) is 0 Å². The molecule has 1 aromatic carbocycles. The zero-order chi connectivity index (χ0) is 14.4. The molecule has 1 aromatic rings. The van der Waals surface area contributed by atoms with Crippen LogP contribution in [0.25, 0.3) is 0 Å². The maximum atomic E-state index is 13.6. The number of hydrogen-bond donors (Lipinski definition) is 1. The molecular formula is C14H18ClFN2O. The van der Waals surface area contributed by atoms with E-state index in [0.29, 0.717) is 5.56 Å². The van der Waals surface area contributed by atoms with Gasteiger partial charge in [0.2, 0.25) is 5.91 Å². The molecule has 1 aliphatic heterocycles. The molecule has 1 aliphatic rings. The SMILES string of the molecule is CC(C)(C)N1C(=O)CC(N)C1c1ccc(Cl)c(F)c1. The van der Waals surface area contributed by atoms with E-state index in [1.807, 2.05) is 20.8 Å². The van der Waals surface area contributed by atoms with E-state index in [2.05, 4.69) is 0 Å². The molecule has 1 saturated heterocycles. The van der Waals surface area contributed by atoms with Crippen molar-refractivity contribution in [3.8, 4) is 0 Å². The summed E-state index contributed by atoms with van der Waals surface area (Å²) in [5.74, 6) is -0.486. The number of likely N-dealkylation sites (tertiary alicyclic amines) is 1. The number of amides is 1. The lowest BCUT2D eigenvalue weighted by Gasteiger charge is -2.38. The van der Waals surface area contributed by atoms with Crippen LogP contribution in [0, 0.1) is 5.82 Å². The fourth-order valence-electron chi connectivity index (χ4n) is 2.64. The Kier molecular flexibility index (Phi) is 3.58. The highest BCUT2D eigenvalue weighted by Crippen LogP contribution is 2.38. The summed E-state index contributed by atoms with van der Waals surface area (Å²) in [6.07, 6.45) is 0.284.